The summed E-state index contributed by atoms with van der Waals surface area (Å²) in [6.07, 6.45) is 4.36. The molecule has 2 aromatic heterocycles. The largest absolute Gasteiger partial charge is 0.497 e. The van der Waals surface area contributed by atoms with Gasteiger partial charge in [-0.25, -0.2) is 14.7 Å². The minimum Gasteiger partial charge on any atom is -0.497 e. The van der Waals surface area contributed by atoms with Gasteiger partial charge >= 0.3 is 0 Å². The molecule has 0 saturated carbocycles. The average molecular weight is 864 g/mol. The van der Waals surface area contributed by atoms with Crippen LogP contribution in [0, 0.1) is 11.3 Å². The first kappa shape index (κ1) is 46.1. The van der Waals surface area contributed by atoms with E-state index in [-0.39, 0.29) is 31.6 Å². The van der Waals surface area contributed by atoms with Crippen molar-refractivity contribution >= 4 is 44.0 Å². The molecule has 16 heteroatoms. The molecule has 0 radical (unpaired) electrons. The summed E-state index contributed by atoms with van der Waals surface area (Å²) >= 11 is 0. The van der Waals surface area contributed by atoms with Crippen LogP contribution in [0.2, 0.25) is 0 Å². The Morgan fingerprint density at radius 2 is 1.50 bits per heavy atom. The Labute approximate surface area is 366 Å². The highest BCUT2D eigenvalue weighted by atomic mass is 31.2. The third-order valence-electron chi connectivity index (χ3n) is 10.3. The number of nitrogens with zero attached hydrogens (tertiary/aromatic N) is 9. The van der Waals surface area contributed by atoms with Crippen LogP contribution in [-0.2, 0) is 24.1 Å². The van der Waals surface area contributed by atoms with E-state index in [0.717, 1.165) is 33.6 Å². The lowest BCUT2D eigenvalue weighted by molar-refractivity contribution is -0.0909. The van der Waals surface area contributed by atoms with E-state index >= 15 is 0 Å². The van der Waals surface area contributed by atoms with E-state index in [2.05, 4.69) is 58.6 Å². The van der Waals surface area contributed by atoms with Crippen molar-refractivity contribution in [3.63, 3.8) is 0 Å². The molecule has 3 heterocycles. The van der Waals surface area contributed by atoms with E-state index in [1.807, 2.05) is 122 Å². The molecule has 0 spiro atoms. The number of rotatable bonds is 21. The van der Waals surface area contributed by atoms with E-state index in [9.17, 15) is 5.26 Å². The van der Waals surface area contributed by atoms with E-state index < -0.39 is 32.6 Å². The number of aliphatic imine (C=N–C) groups is 2. The van der Waals surface area contributed by atoms with Gasteiger partial charge in [0.2, 0.25) is 0 Å². The minimum atomic E-state index is -1.60. The van der Waals surface area contributed by atoms with Gasteiger partial charge in [-0.1, -0.05) is 61.5 Å². The summed E-state index contributed by atoms with van der Waals surface area (Å²) in [5.41, 5.74) is 2.23. The van der Waals surface area contributed by atoms with Gasteiger partial charge in [0.1, 0.15) is 35.1 Å². The number of methoxy groups -OCH3 is 2. The smallest absolute Gasteiger partial charge is 0.259 e. The Hall–Kier alpha value is -5.46. The summed E-state index contributed by atoms with van der Waals surface area (Å²) in [4.78, 5) is 22.5. The normalized spacial score (nSPS) is 17.4. The van der Waals surface area contributed by atoms with E-state index in [4.69, 9.17) is 33.0 Å². The molecule has 4 atom stereocenters. The second kappa shape index (κ2) is 21.6. The van der Waals surface area contributed by atoms with Gasteiger partial charge in [-0.05, 0) is 60.9 Å². The van der Waals surface area contributed by atoms with Crippen molar-refractivity contribution in [2.75, 3.05) is 62.2 Å². The number of aromatic nitrogens is 3. The van der Waals surface area contributed by atoms with Gasteiger partial charge in [0.15, 0.2) is 5.82 Å². The first-order valence-electron chi connectivity index (χ1n) is 20.7. The summed E-state index contributed by atoms with van der Waals surface area (Å²) in [5.74, 6) is 2.20. The third-order valence-corrected chi connectivity index (χ3v) is 12.3. The second-order valence-electron chi connectivity index (χ2n) is 15.4. The fraction of sp³-hybridized carbons (Fsp3) is 0.413. The van der Waals surface area contributed by atoms with Crippen molar-refractivity contribution in [2.24, 2.45) is 9.98 Å². The molecule has 1 fully saturated rings. The number of benzene rings is 3. The van der Waals surface area contributed by atoms with E-state index in [0.29, 0.717) is 24.4 Å². The summed E-state index contributed by atoms with van der Waals surface area (Å²) in [6.45, 7) is 7.35. The molecule has 0 N–H and O–H groups in total. The summed E-state index contributed by atoms with van der Waals surface area (Å²) in [7, 11) is 9.29. The molecule has 15 nitrogen and oxygen atoms in total. The Bertz CT molecular complexity index is 2230. The fourth-order valence-electron chi connectivity index (χ4n) is 7.27. The highest BCUT2D eigenvalue weighted by molar-refractivity contribution is 7.44. The van der Waals surface area contributed by atoms with Crippen molar-refractivity contribution in [1.82, 2.24) is 29.0 Å². The average Bonchev–Trinajstić information content (AvgIpc) is 3.89. The maximum Gasteiger partial charge on any atom is 0.259 e. The van der Waals surface area contributed by atoms with Crippen LogP contribution in [0.15, 0.2) is 101 Å². The highest BCUT2D eigenvalue weighted by Gasteiger charge is 2.45. The lowest BCUT2D eigenvalue weighted by atomic mass is 9.80. The van der Waals surface area contributed by atoms with Crippen LogP contribution in [0.1, 0.15) is 56.5 Å². The van der Waals surface area contributed by atoms with Crippen molar-refractivity contribution < 1.29 is 28.0 Å². The van der Waals surface area contributed by atoms with Gasteiger partial charge in [0.25, 0.3) is 14.5 Å². The predicted octanol–water partition coefficient (Wildman–Crippen LogP) is 8.46. The van der Waals surface area contributed by atoms with Gasteiger partial charge in [-0.15, -0.1) is 0 Å². The molecular weight excluding hydrogens is 806 g/mol. The molecule has 3 aromatic carbocycles. The van der Waals surface area contributed by atoms with Gasteiger partial charge in [-0.3, -0.25) is 0 Å². The summed E-state index contributed by atoms with van der Waals surface area (Å²) in [6, 6.07) is 30.3. The van der Waals surface area contributed by atoms with Crippen LogP contribution in [0.25, 0.3) is 11.0 Å². The number of ether oxygens (including phenoxy) is 4. The molecule has 62 heavy (non-hydrogen) atoms. The molecule has 1 unspecified atom stereocenters. The number of hydrogen-bond donors (Lipinski definition) is 0. The Morgan fingerprint density at radius 3 is 2.06 bits per heavy atom. The molecule has 1 saturated heterocycles. The minimum absolute atomic E-state index is 0.115. The zero-order chi connectivity index (χ0) is 44.2. The van der Waals surface area contributed by atoms with Crippen LogP contribution >= 0.6 is 8.53 Å². The number of nitriles is 1. The van der Waals surface area contributed by atoms with Crippen molar-refractivity contribution in [3.8, 4) is 17.6 Å². The number of hydrogen-bond acceptors (Lipinski definition) is 12. The molecule has 5 aromatic rings. The molecule has 1 aliphatic heterocycles. The molecule has 0 bridgehead atoms. The zero-order valence-corrected chi connectivity index (χ0v) is 38.0. The Balaban J connectivity index is 1.46. The predicted molar refractivity (Wildman–Crippen MR) is 243 cm³/mol. The summed E-state index contributed by atoms with van der Waals surface area (Å²) in [5, 5.41) is 10.2. The van der Waals surface area contributed by atoms with E-state index in [1.165, 1.54) is 0 Å². The fourth-order valence-corrected chi connectivity index (χ4v) is 8.90. The molecule has 6 rings (SSSR count). The lowest BCUT2D eigenvalue weighted by Crippen LogP contribution is -2.39. The van der Waals surface area contributed by atoms with Crippen LogP contribution in [-0.4, -0.2) is 122 Å². The van der Waals surface area contributed by atoms with Crippen LogP contribution in [0.3, 0.4) is 0 Å². The maximum absolute atomic E-state index is 9.42. The zero-order valence-electron chi connectivity index (χ0n) is 37.1. The maximum atomic E-state index is 9.42. The lowest BCUT2D eigenvalue weighted by Gasteiger charge is -2.38. The molecule has 1 aliphatic rings. The summed E-state index contributed by atoms with van der Waals surface area (Å²) < 4.78 is 43.3. The first-order chi connectivity index (χ1) is 30.0. The van der Waals surface area contributed by atoms with Crippen LogP contribution in [0.5, 0.6) is 11.5 Å². The van der Waals surface area contributed by atoms with Gasteiger partial charge in [0, 0.05) is 53.4 Å². The van der Waals surface area contributed by atoms with Gasteiger partial charge < -0.3 is 42.4 Å². The standard InChI is InChI=1S/C46H58N9O6P/c1-10-55(33(2)3)62(59-28-14-26-47)61-40-29-42(54-27-25-39-43(48-31-52(4)5)50-45(51-44(39)54)49-32-53(6)7)60-41(40)30-58-46(34-15-12-11-13-16-34,35-17-21-37(56-8)22-18-35)36-19-23-38(57-9)24-20-36/h11-13,15-25,27,31-33,40-42H,10,14,28-30H2,1-9H3/b48-31+,49-32+/t40-,41+,42+,62?/m0/s1. The highest BCUT2D eigenvalue weighted by Crippen LogP contribution is 2.50. The molecule has 0 aliphatic carbocycles. The SMILES string of the molecule is CCN(C(C)C)P(OCCC#N)O[C@H]1C[C@H](n2ccc3c(/N=C/N(C)C)nc(/N=C/N(C)C)nc32)O[C@@H]1COC(c1ccccc1)(c1ccc(OC)cc1)c1ccc(OC)cc1. The van der Waals surface area contributed by atoms with Crippen molar-refractivity contribution in [3.05, 3.63) is 108 Å². The Kier molecular flexibility index (Phi) is 16.0. The Morgan fingerprint density at radius 1 is 0.887 bits per heavy atom. The molecule has 328 valence electrons. The van der Waals surface area contributed by atoms with E-state index in [1.54, 1.807) is 26.9 Å². The van der Waals surface area contributed by atoms with Crippen LogP contribution < -0.4 is 9.47 Å². The van der Waals surface area contributed by atoms with Crippen molar-refractivity contribution in [1.29, 1.82) is 5.26 Å². The molecule has 0 amide bonds. The second-order valence-corrected chi connectivity index (χ2v) is 16.8. The first-order valence-corrected chi connectivity index (χ1v) is 21.8. The van der Waals surface area contributed by atoms with Gasteiger partial charge in [0.05, 0.1) is 64.1 Å². The molecular formula is C46H58N9O6P. The quantitative estimate of drug-likeness (QED) is 0.0230. The van der Waals surface area contributed by atoms with Crippen molar-refractivity contribution in [2.45, 2.75) is 63.7 Å². The number of fused-ring (bicyclic) bond motifs is 1. The van der Waals surface area contributed by atoms with Gasteiger partial charge in [-0.2, -0.15) is 15.2 Å². The third kappa shape index (κ3) is 10.8. The monoisotopic (exact) mass is 863 g/mol. The van der Waals surface area contributed by atoms with Crippen LogP contribution in [0.4, 0.5) is 11.8 Å². The topological polar surface area (TPSA) is 144 Å².